The Morgan fingerprint density at radius 1 is 0.953 bits per heavy atom. The van der Waals surface area contributed by atoms with Crippen molar-refractivity contribution < 1.29 is 26.3 Å². The largest absolute Gasteiger partial charge is 0.416 e. The van der Waals surface area contributed by atoms with Crippen molar-refractivity contribution in [2.24, 2.45) is 28.5 Å². The molecule has 0 unspecified atom stereocenters. The quantitative estimate of drug-likeness (QED) is 0.0792. The molecule has 2 aromatic rings. The predicted molar refractivity (Wildman–Crippen MR) is 157 cm³/mol. The van der Waals surface area contributed by atoms with Crippen LogP contribution in [-0.4, -0.2) is 53.9 Å². The zero-order valence-electron chi connectivity index (χ0n) is 25.5. The van der Waals surface area contributed by atoms with Crippen molar-refractivity contribution in [3.63, 3.8) is 0 Å². The molecule has 6 N–H and O–H groups in total. The number of anilines is 2. The smallest absolute Gasteiger partial charge is 0.373 e. The van der Waals surface area contributed by atoms with Crippen molar-refractivity contribution in [3.8, 4) is 0 Å². The van der Waals surface area contributed by atoms with Crippen LogP contribution in [0.4, 0.5) is 38.0 Å². The van der Waals surface area contributed by atoms with Gasteiger partial charge in [-0.1, -0.05) is 27.7 Å². The van der Waals surface area contributed by atoms with E-state index in [1.807, 2.05) is 27.7 Å². The average molecular weight is 618 g/mol. The molecule has 1 aromatic carbocycles. The van der Waals surface area contributed by atoms with Gasteiger partial charge in [-0.3, -0.25) is 0 Å². The lowest BCUT2D eigenvalue weighted by Crippen LogP contribution is -2.40. The van der Waals surface area contributed by atoms with Gasteiger partial charge >= 0.3 is 12.4 Å². The number of rotatable bonds is 12. The van der Waals surface area contributed by atoms with Crippen LogP contribution < -0.4 is 21.8 Å². The second kappa shape index (κ2) is 14.1. The minimum Gasteiger partial charge on any atom is -0.373 e. The molecule has 43 heavy (non-hydrogen) atoms. The number of hydrogen-bond donors (Lipinski definition) is 4. The Kier molecular flexibility index (Phi) is 11.7. The van der Waals surface area contributed by atoms with E-state index in [-0.39, 0.29) is 41.7 Å². The predicted octanol–water partition coefficient (Wildman–Crippen LogP) is 5.70. The van der Waals surface area contributed by atoms with Crippen molar-refractivity contribution in [2.75, 3.05) is 37.4 Å². The van der Waals surface area contributed by atoms with Crippen LogP contribution in [0, 0.1) is 17.2 Å². The van der Waals surface area contributed by atoms with E-state index < -0.39 is 30.0 Å². The molecule has 0 radical (unpaired) electrons. The van der Waals surface area contributed by atoms with Crippen molar-refractivity contribution in [1.29, 1.82) is 5.41 Å². The van der Waals surface area contributed by atoms with Crippen LogP contribution in [-0.2, 0) is 25.4 Å². The van der Waals surface area contributed by atoms with E-state index >= 15 is 0 Å². The Morgan fingerprint density at radius 3 is 1.86 bits per heavy atom. The molecule has 0 aliphatic rings. The van der Waals surface area contributed by atoms with E-state index in [1.54, 1.807) is 20.0 Å². The fraction of sp³-hybridized carbons (Fsp3) is 0.536. The third-order valence-corrected chi connectivity index (χ3v) is 6.16. The molecule has 15 heteroatoms. The summed E-state index contributed by atoms with van der Waals surface area (Å²) in [6.07, 6.45) is -10.0. The molecule has 1 heterocycles. The minimum absolute atomic E-state index is 0.0757. The number of aromatic nitrogens is 1. The van der Waals surface area contributed by atoms with Gasteiger partial charge in [-0.05, 0) is 48.6 Å². The molecule has 0 amide bonds. The van der Waals surface area contributed by atoms with Gasteiger partial charge in [0.15, 0.2) is 0 Å². The number of alkyl halides is 6. The lowest BCUT2D eigenvalue weighted by atomic mass is 10.0. The zero-order chi connectivity index (χ0) is 32.9. The molecule has 2 rings (SSSR count). The first-order chi connectivity index (χ1) is 19.7. The number of hydrazine groups is 1. The molecule has 0 saturated carbocycles. The molecule has 0 aliphatic heterocycles. The third kappa shape index (κ3) is 10.2. The van der Waals surface area contributed by atoms with Crippen molar-refractivity contribution in [1.82, 2.24) is 15.0 Å². The van der Waals surface area contributed by atoms with Gasteiger partial charge in [0.25, 0.3) is 0 Å². The van der Waals surface area contributed by atoms with E-state index in [9.17, 15) is 26.3 Å². The molecule has 1 aromatic heterocycles. The molecule has 240 valence electrons. The first-order valence-corrected chi connectivity index (χ1v) is 13.6. The second-order valence-electron chi connectivity index (χ2n) is 11.2. The minimum atomic E-state index is -5.01. The Labute approximate surface area is 248 Å². The summed E-state index contributed by atoms with van der Waals surface area (Å²) in [5.74, 6) is 6.86. The van der Waals surface area contributed by atoms with E-state index in [4.69, 9.17) is 22.0 Å². The van der Waals surface area contributed by atoms with Crippen LogP contribution >= 0.6 is 0 Å². The van der Waals surface area contributed by atoms with Crippen LogP contribution in [0.3, 0.4) is 0 Å². The van der Waals surface area contributed by atoms with Crippen molar-refractivity contribution in [3.05, 3.63) is 52.1 Å². The Bertz CT molecular complexity index is 1240. The molecule has 0 fully saturated rings. The number of guanidine groups is 1. The summed E-state index contributed by atoms with van der Waals surface area (Å²) in [4.78, 5) is 8.22. The van der Waals surface area contributed by atoms with Gasteiger partial charge in [-0.15, -0.1) is 5.10 Å². The summed E-state index contributed by atoms with van der Waals surface area (Å²) >= 11 is 0. The summed E-state index contributed by atoms with van der Waals surface area (Å²) in [7, 11) is 3.04. The summed E-state index contributed by atoms with van der Waals surface area (Å²) in [5.41, 5.74) is 4.28. The highest BCUT2D eigenvalue weighted by Crippen LogP contribution is 2.37. The molecular weight excluding hydrogens is 576 g/mol. The normalized spacial score (nSPS) is 12.6. The molecule has 9 nitrogen and oxygen atoms in total. The van der Waals surface area contributed by atoms with Crippen LogP contribution in [0.25, 0.3) is 0 Å². The third-order valence-electron chi connectivity index (χ3n) is 6.16. The average Bonchev–Trinajstić information content (AvgIpc) is 2.85. The topological polar surface area (TPSA) is 123 Å². The molecule has 0 spiro atoms. The molecule has 0 bridgehead atoms. The highest BCUT2D eigenvalue weighted by molar-refractivity contribution is 6.01. The number of benzene rings is 1. The fourth-order valence-electron chi connectivity index (χ4n) is 4.52. The Morgan fingerprint density at radius 2 is 1.47 bits per heavy atom. The van der Waals surface area contributed by atoms with Crippen molar-refractivity contribution >= 4 is 23.3 Å². The Hall–Kier alpha value is -3.75. The van der Waals surface area contributed by atoms with Crippen LogP contribution in [0.2, 0.25) is 0 Å². The molecular formula is C28H41F6N9. The number of nitrogens with two attached hydrogens (primary N) is 2. The van der Waals surface area contributed by atoms with Crippen LogP contribution in [0.15, 0.2) is 29.4 Å². The lowest BCUT2D eigenvalue weighted by molar-refractivity contribution is -0.143. The van der Waals surface area contributed by atoms with Gasteiger partial charge in [0.05, 0.1) is 11.1 Å². The zero-order valence-corrected chi connectivity index (χ0v) is 25.5. The summed E-state index contributed by atoms with van der Waals surface area (Å²) in [6.45, 7) is 10.4. The van der Waals surface area contributed by atoms with E-state index in [2.05, 4.69) is 15.3 Å². The highest BCUT2D eigenvalue weighted by atomic mass is 19.4. The first kappa shape index (κ1) is 35.4. The lowest BCUT2D eigenvalue weighted by Gasteiger charge is -2.32. The van der Waals surface area contributed by atoms with Gasteiger partial charge in [-0.2, -0.15) is 26.3 Å². The SMILES string of the molecule is CNc1nc(N(CC(C)C)CC(C)C)c(CN(Cc2cc(C(F)(F)F)cc(C(F)(F)F)c2)/C(N)=N/N(C)N)cc1C(C)=N. The maximum absolute atomic E-state index is 13.6. The molecule has 0 aliphatic carbocycles. The standard InChI is InChI=1S/C28H41F6N9/c1-16(2)12-42(13-17(3)4)25-20(10-23(18(5)35)24(38-6)39-25)15-43(26(36)40-41(7)37)14-19-8-21(27(29,30)31)11-22(9-19)28(32,33)34/h8-11,16-17,35H,12-15,37H2,1-7H3,(H2,36,40)(H,38,39). The monoisotopic (exact) mass is 617 g/mol. The van der Waals surface area contributed by atoms with Gasteiger partial charge in [-0.25, -0.2) is 15.9 Å². The first-order valence-electron chi connectivity index (χ1n) is 13.6. The maximum atomic E-state index is 13.6. The van der Waals surface area contributed by atoms with Crippen LogP contribution in [0.1, 0.15) is 62.4 Å². The number of nitrogens with zero attached hydrogens (tertiary/aromatic N) is 5. The summed E-state index contributed by atoms with van der Waals surface area (Å²) in [6, 6.07) is 3.11. The number of hydrazone groups is 1. The molecule has 0 atom stereocenters. The van der Waals surface area contributed by atoms with E-state index in [1.165, 1.54) is 11.9 Å². The number of pyridine rings is 1. The summed E-state index contributed by atoms with van der Waals surface area (Å²) in [5, 5.41) is 16.2. The fourth-order valence-corrected chi connectivity index (χ4v) is 4.52. The maximum Gasteiger partial charge on any atom is 0.416 e. The van der Waals surface area contributed by atoms with Crippen LogP contribution in [0.5, 0.6) is 0 Å². The van der Waals surface area contributed by atoms with Crippen molar-refractivity contribution in [2.45, 2.75) is 60.1 Å². The van der Waals surface area contributed by atoms with Gasteiger partial charge in [0, 0.05) is 57.1 Å². The number of hydrogen-bond acceptors (Lipinski definition) is 7. The van der Waals surface area contributed by atoms with Gasteiger partial charge in [0.2, 0.25) is 5.96 Å². The Balaban J connectivity index is 2.80. The van der Waals surface area contributed by atoms with Gasteiger partial charge in [0.1, 0.15) is 11.6 Å². The van der Waals surface area contributed by atoms with E-state index in [0.29, 0.717) is 48.0 Å². The highest BCUT2D eigenvalue weighted by Gasteiger charge is 2.37. The van der Waals surface area contributed by atoms with E-state index in [0.717, 1.165) is 5.12 Å². The molecule has 0 saturated heterocycles. The number of halogens is 6. The summed E-state index contributed by atoms with van der Waals surface area (Å²) < 4.78 is 81.6. The van der Waals surface area contributed by atoms with Gasteiger partial charge < -0.3 is 26.3 Å². The number of nitrogens with one attached hydrogen (secondary N) is 2. The second-order valence-corrected chi connectivity index (χ2v) is 11.2.